The third-order valence-electron chi connectivity index (χ3n) is 2.53. The van der Waals surface area contributed by atoms with Crippen LogP contribution in [0.3, 0.4) is 0 Å². The Hall–Kier alpha value is -1.09. The molecular formula is C11H13FO2. The molecule has 1 aliphatic heterocycles. The summed E-state index contributed by atoms with van der Waals surface area (Å²) in [4.78, 5) is 0. The molecule has 1 aromatic rings. The van der Waals surface area contributed by atoms with Gasteiger partial charge in [0.15, 0.2) is 0 Å². The molecule has 0 aromatic heterocycles. The van der Waals surface area contributed by atoms with Crippen molar-refractivity contribution in [3.8, 4) is 5.75 Å². The molecule has 3 heteroatoms. The second-order valence-electron chi connectivity index (χ2n) is 3.65. The molecule has 1 heterocycles. The van der Waals surface area contributed by atoms with Crippen LogP contribution in [0.15, 0.2) is 12.1 Å². The molecule has 0 saturated heterocycles. The zero-order chi connectivity index (χ0) is 10.1. The molecule has 2 nitrogen and oxygen atoms in total. The van der Waals surface area contributed by atoms with Gasteiger partial charge in [-0.3, -0.25) is 0 Å². The fraction of sp³-hybridized carbons (Fsp3) is 0.455. The average Bonchev–Trinajstić information content (AvgIpc) is 2.31. The summed E-state index contributed by atoms with van der Waals surface area (Å²) in [5.74, 6) is 0.205. The third-order valence-corrected chi connectivity index (χ3v) is 2.53. The summed E-state index contributed by atoms with van der Waals surface area (Å²) in [6, 6.07) is 3.03. The van der Waals surface area contributed by atoms with Crippen LogP contribution < -0.4 is 4.74 Å². The van der Waals surface area contributed by atoms with Gasteiger partial charge in [0.25, 0.3) is 0 Å². The number of benzene rings is 1. The number of aliphatic hydroxyl groups is 1. The highest BCUT2D eigenvalue weighted by Crippen LogP contribution is 2.33. The summed E-state index contributed by atoms with van der Waals surface area (Å²) in [5, 5.41) is 9.75. The number of hydrogen-bond donors (Lipinski definition) is 1. The first-order valence-electron chi connectivity index (χ1n) is 4.79. The molecule has 1 aliphatic rings. The van der Waals surface area contributed by atoms with Crippen molar-refractivity contribution < 1.29 is 14.2 Å². The standard InChI is InChI=1S/C11H13FO2/c1-7-5-8-10(13)3-2-4-14-11(8)6-9(7)12/h5-6,10,13H,2-4H2,1H3/t10-/m0/s1. The summed E-state index contributed by atoms with van der Waals surface area (Å²) in [7, 11) is 0. The maximum atomic E-state index is 13.2. The maximum Gasteiger partial charge on any atom is 0.129 e. The quantitative estimate of drug-likeness (QED) is 0.690. The van der Waals surface area contributed by atoms with E-state index in [1.165, 1.54) is 6.07 Å². The molecule has 76 valence electrons. The minimum absolute atomic E-state index is 0.280. The van der Waals surface area contributed by atoms with E-state index in [2.05, 4.69) is 0 Å². The molecule has 0 unspecified atom stereocenters. The van der Waals surface area contributed by atoms with E-state index in [0.29, 0.717) is 29.9 Å². The maximum absolute atomic E-state index is 13.2. The van der Waals surface area contributed by atoms with E-state index in [0.717, 1.165) is 6.42 Å². The fourth-order valence-electron chi connectivity index (χ4n) is 1.69. The lowest BCUT2D eigenvalue weighted by Gasteiger charge is -2.12. The van der Waals surface area contributed by atoms with Crippen molar-refractivity contribution in [2.24, 2.45) is 0 Å². The van der Waals surface area contributed by atoms with Crippen LogP contribution in [-0.4, -0.2) is 11.7 Å². The number of rotatable bonds is 0. The van der Waals surface area contributed by atoms with E-state index in [4.69, 9.17) is 4.74 Å². The molecule has 0 bridgehead atoms. The van der Waals surface area contributed by atoms with Crippen LogP contribution in [0.2, 0.25) is 0 Å². The summed E-state index contributed by atoms with van der Waals surface area (Å²) in [5.41, 5.74) is 1.26. The van der Waals surface area contributed by atoms with Crippen LogP contribution in [0.25, 0.3) is 0 Å². The molecule has 14 heavy (non-hydrogen) atoms. The Bertz CT molecular complexity index is 349. The second kappa shape index (κ2) is 3.58. The van der Waals surface area contributed by atoms with Gasteiger partial charge in [-0.15, -0.1) is 0 Å². The van der Waals surface area contributed by atoms with Gasteiger partial charge < -0.3 is 9.84 Å². The number of hydrogen-bond acceptors (Lipinski definition) is 2. The second-order valence-corrected chi connectivity index (χ2v) is 3.65. The molecule has 0 spiro atoms. The van der Waals surface area contributed by atoms with Crippen molar-refractivity contribution in [1.82, 2.24) is 0 Å². The van der Waals surface area contributed by atoms with Crippen LogP contribution in [0, 0.1) is 12.7 Å². The Labute approximate surface area is 82.3 Å². The van der Waals surface area contributed by atoms with Crippen LogP contribution in [0.5, 0.6) is 5.75 Å². The molecule has 0 amide bonds. The van der Waals surface area contributed by atoms with Gasteiger partial charge in [-0.1, -0.05) is 0 Å². The van der Waals surface area contributed by atoms with Gasteiger partial charge in [-0.05, 0) is 31.4 Å². The van der Waals surface area contributed by atoms with E-state index in [-0.39, 0.29) is 5.82 Å². The highest BCUT2D eigenvalue weighted by Gasteiger charge is 2.18. The Balaban J connectivity index is 2.49. The largest absolute Gasteiger partial charge is 0.493 e. The minimum Gasteiger partial charge on any atom is -0.493 e. The SMILES string of the molecule is Cc1cc2c(cc1F)OCCC[C@@H]2O. The van der Waals surface area contributed by atoms with Gasteiger partial charge in [-0.25, -0.2) is 4.39 Å². The van der Waals surface area contributed by atoms with Crippen LogP contribution in [0.4, 0.5) is 4.39 Å². The summed E-state index contributed by atoms with van der Waals surface area (Å²) < 4.78 is 18.6. The van der Waals surface area contributed by atoms with Gasteiger partial charge in [-0.2, -0.15) is 0 Å². The molecule has 0 aliphatic carbocycles. The minimum atomic E-state index is -0.521. The number of halogens is 1. The molecule has 0 saturated carbocycles. The predicted molar refractivity (Wildman–Crippen MR) is 50.8 cm³/mol. The lowest BCUT2D eigenvalue weighted by molar-refractivity contribution is 0.167. The van der Waals surface area contributed by atoms with Crippen LogP contribution in [-0.2, 0) is 0 Å². The Morgan fingerprint density at radius 2 is 2.29 bits per heavy atom. The zero-order valence-corrected chi connectivity index (χ0v) is 8.09. The van der Waals surface area contributed by atoms with Crippen LogP contribution >= 0.6 is 0 Å². The predicted octanol–water partition coefficient (Wildman–Crippen LogP) is 2.34. The average molecular weight is 196 g/mol. The van der Waals surface area contributed by atoms with Crippen molar-refractivity contribution in [2.45, 2.75) is 25.9 Å². The molecule has 0 radical (unpaired) electrons. The number of fused-ring (bicyclic) bond motifs is 1. The topological polar surface area (TPSA) is 29.5 Å². The number of aliphatic hydroxyl groups excluding tert-OH is 1. The molecule has 1 atom stereocenters. The normalized spacial score (nSPS) is 20.9. The Morgan fingerprint density at radius 1 is 1.50 bits per heavy atom. The highest BCUT2D eigenvalue weighted by atomic mass is 19.1. The highest BCUT2D eigenvalue weighted by molar-refractivity contribution is 5.39. The molecule has 0 fully saturated rings. The van der Waals surface area contributed by atoms with Crippen molar-refractivity contribution in [1.29, 1.82) is 0 Å². The first-order chi connectivity index (χ1) is 6.68. The summed E-state index contributed by atoms with van der Waals surface area (Å²) in [6.07, 6.45) is 0.959. The van der Waals surface area contributed by atoms with Crippen molar-refractivity contribution >= 4 is 0 Å². The molecule has 1 N–H and O–H groups in total. The number of ether oxygens (including phenoxy) is 1. The summed E-state index contributed by atoms with van der Waals surface area (Å²) in [6.45, 7) is 2.24. The lowest BCUT2D eigenvalue weighted by Crippen LogP contribution is -1.98. The Morgan fingerprint density at radius 3 is 3.07 bits per heavy atom. The molecular weight excluding hydrogens is 183 g/mol. The summed E-state index contributed by atoms with van der Waals surface area (Å²) >= 11 is 0. The first kappa shape index (κ1) is 9.46. The van der Waals surface area contributed by atoms with Gasteiger partial charge in [0, 0.05) is 11.6 Å². The van der Waals surface area contributed by atoms with Gasteiger partial charge in [0.05, 0.1) is 12.7 Å². The fourth-order valence-corrected chi connectivity index (χ4v) is 1.69. The Kier molecular flexibility index (Phi) is 2.42. The van der Waals surface area contributed by atoms with Crippen molar-refractivity contribution in [2.75, 3.05) is 6.61 Å². The van der Waals surface area contributed by atoms with Crippen LogP contribution in [0.1, 0.15) is 30.1 Å². The van der Waals surface area contributed by atoms with E-state index in [1.807, 2.05) is 0 Å². The van der Waals surface area contributed by atoms with Gasteiger partial charge >= 0.3 is 0 Å². The molecule has 1 aromatic carbocycles. The zero-order valence-electron chi connectivity index (χ0n) is 8.09. The van der Waals surface area contributed by atoms with E-state index in [9.17, 15) is 9.50 Å². The van der Waals surface area contributed by atoms with E-state index >= 15 is 0 Å². The monoisotopic (exact) mass is 196 g/mol. The molecule has 2 rings (SSSR count). The first-order valence-corrected chi connectivity index (χ1v) is 4.79. The van der Waals surface area contributed by atoms with E-state index in [1.54, 1.807) is 13.0 Å². The van der Waals surface area contributed by atoms with Crippen molar-refractivity contribution in [3.05, 3.63) is 29.1 Å². The van der Waals surface area contributed by atoms with Gasteiger partial charge in [0.1, 0.15) is 11.6 Å². The third kappa shape index (κ3) is 1.60. The smallest absolute Gasteiger partial charge is 0.129 e. The van der Waals surface area contributed by atoms with E-state index < -0.39 is 6.10 Å². The van der Waals surface area contributed by atoms with Crippen molar-refractivity contribution in [3.63, 3.8) is 0 Å². The van der Waals surface area contributed by atoms with Gasteiger partial charge in [0.2, 0.25) is 0 Å². The number of aryl methyl sites for hydroxylation is 1. The lowest BCUT2D eigenvalue weighted by atomic mass is 10.0.